The Morgan fingerprint density at radius 3 is 2.79 bits per heavy atom. The second kappa shape index (κ2) is 5.89. The van der Waals surface area contributed by atoms with Crippen LogP contribution in [0.2, 0.25) is 0 Å². The van der Waals surface area contributed by atoms with Gasteiger partial charge in [-0.15, -0.1) is 11.3 Å². The molecule has 0 spiro atoms. The fourth-order valence-corrected chi connectivity index (χ4v) is 4.15. The molecular weight excluding hydrogens is 318 g/mol. The molecule has 4 rings (SSSR count). The van der Waals surface area contributed by atoms with Crippen molar-refractivity contribution in [3.8, 4) is 10.4 Å². The Hall–Kier alpha value is -2.44. The standard InChI is InChI=1S/C18H19N5S/c1-10-8-12(2-3-13(10)11-4-6-21-7-5-11)15-9-14-16(24-15)17(19)23-18(20)22-14/h2-4,8-9,21H,5-7H2,1H3,(H4,19,20,22,23). The van der Waals surface area contributed by atoms with E-state index in [9.17, 15) is 0 Å². The lowest BCUT2D eigenvalue weighted by atomic mass is 9.94. The molecule has 0 aliphatic carbocycles. The smallest absolute Gasteiger partial charge is 0.222 e. The Morgan fingerprint density at radius 2 is 2.04 bits per heavy atom. The van der Waals surface area contributed by atoms with Crippen molar-refractivity contribution in [3.63, 3.8) is 0 Å². The van der Waals surface area contributed by atoms with Gasteiger partial charge >= 0.3 is 0 Å². The zero-order chi connectivity index (χ0) is 16.7. The lowest BCUT2D eigenvalue weighted by Crippen LogP contribution is -2.20. The van der Waals surface area contributed by atoms with E-state index in [4.69, 9.17) is 11.5 Å². The summed E-state index contributed by atoms with van der Waals surface area (Å²) < 4.78 is 0.891. The van der Waals surface area contributed by atoms with Crippen LogP contribution in [0.5, 0.6) is 0 Å². The lowest BCUT2D eigenvalue weighted by molar-refractivity contribution is 0.738. The molecule has 0 atom stereocenters. The molecule has 3 aromatic rings. The molecule has 0 saturated carbocycles. The van der Waals surface area contributed by atoms with Gasteiger partial charge in [0.15, 0.2) is 0 Å². The summed E-state index contributed by atoms with van der Waals surface area (Å²) in [6.07, 6.45) is 3.36. The minimum atomic E-state index is 0.216. The summed E-state index contributed by atoms with van der Waals surface area (Å²) in [5.74, 6) is 0.663. The molecule has 0 unspecified atom stereocenters. The van der Waals surface area contributed by atoms with Gasteiger partial charge in [-0.25, -0.2) is 4.98 Å². The van der Waals surface area contributed by atoms with Crippen LogP contribution in [0.3, 0.4) is 0 Å². The van der Waals surface area contributed by atoms with Crippen molar-refractivity contribution in [1.29, 1.82) is 0 Å². The molecule has 5 N–H and O–H groups in total. The first-order chi connectivity index (χ1) is 11.6. The molecule has 1 aliphatic heterocycles. The van der Waals surface area contributed by atoms with Crippen molar-refractivity contribution < 1.29 is 0 Å². The number of anilines is 2. The van der Waals surface area contributed by atoms with Crippen LogP contribution in [0.15, 0.2) is 30.3 Å². The van der Waals surface area contributed by atoms with E-state index in [1.165, 1.54) is 22.3 Å². The molecule has 0 bridgehead atoms. The van der Waals surface area contributed by atoms with E-state index >= 15 is 0 Å². The second-order valence-corrected chi connectivity index (χ2v) is 7.06. The number of thiophene rings is 1. The van der Waals surface area contributed by atoms with Gasteiger partial charge in [0, 0.05) is 11.4 Å². The molecule has 0 amide bonds. The van der Waals surface area contributed by atoms with Gasteiger partial charge in [-0.1, -0.05) is 24.3 Å². The summed E-state index contributed by atoms with van der Waals surface area (Å²) in [6, 6.07) is 8.65. The number of nitrogen functional groups attached to an aromatic ring is 2. The van der Waals surface area contributed by atoms with Crippen molar-refractivity contribution in [2.24, 2.45) is 0 Å². The minimum absolute atomic E-state index is 0.216. The van der Waals surface area contributed by atoms with Crippen molar-refractivity contribution in [1.82, 2.24) is 15.3 Å². The quantitative estimate of drug-likeness (QED) is 0.668. The molecule has 5 nitrogen and oxygen atoms in total. The number of aryl methyl sites for hydroxylation is 1. The van der Waals surface area contributed by atoms with Crippen molar-refractivity contribution in [2.45, 2.75) is 13.3 Å². The van der Waals surface area contributed by atoms with Crippen LogP contribution in [0, 0.1) is 6.92 Å². The van der Waals surface area contributed by atoms with Crippen molar-refractivity contribution in [3.05, 3.63) is 41.5 Å². The van der Waals surface area contributed by atoms with E-state index in [2.05, 4.69) is 46.5 Å². The van der Waals surface area contributed by atoms with E-state index in [0.717, 1.165) is 34.6 Å². The monoisotopic (exact) mass is 337 g/mol. The first-order valence-electron chi connectivity index (χ1n) is 7.95. The van der Waals surface area contributed by atoms with E-state index in [1.54, 1.807) is 11.3 Å². The van der Waals surface area contributed by atoms with Crippen LogP contribution in [0.25, 0.3) is 26.2 Å². The maximum Gasteiger partial charge on any atom is 0.222 e. The summed E-state index contributed by atoms with van der Waals surface area (Å²) in [6.45, 7) is 4.16. The molecule has 0 saturated heterocycles. The summed E-state index contributed by atoms with van der Waals surface area (Å²) in [5, 5.41) is 3.36. The van der Waals surface area contributed by atoms with Gasteiger partial charge in [-0.2, -0.15) is 4.98 Å². The Labute approximate surface area is 144 Å². The number of rotatable bonds is 2. The number of fused-ring (bicyclic) bond motifs is 1. The highest BCUT2D eigenvalue weighted by Gasteiger charge is 2.13. The molecule has 6 heteroatoms. The van der Waals surface area contributed by atoms with Crippen LogP contribution in [-0.2, 0) is 0 Å². The predicted molar refractivity (Wildman–Crippen MR) is 102 cm³/mol. The fourth-order valence-electron chi connectivity index (χ4n) is 3.16. The number of hydrogen-bond donors (Lipinski definition) is 3. The molecular formula is C18H19N5S. The molecule has 3 heterocycles. The number of nitrogens with one attached hydrogen (secondary N) is 1. The zero-order valence-electron chi connectivity index (χ0n) is 13.5. The van der Waals surface area contributed by atoms with E-state index in [1.807, 2.05) is 6.07 Å². The van der Waals surface area contributed by atoms with Crippen LogP contribution in [0.4, 0.5) is 11.8 Å². The highest BCUT2D eigenvalue weighted by molar-refractivity contribution is 7.22. The van der Waals surface area contributed by atoms with E-state index in [-0.39, 0.29) is 5.95 Å². The minimum Gasteiger partial charge on any atom is -0.382 e. The van der Waals surface area contributed by atoms with Gasteiger partial charge in [0.05, 0.1) is 10.2 Å². The largest absolute Gasteiger partial charge is 0.382 e. The summed E-state index contributed by atoms with van der Waals surface area (Å²) in [4.78, 5) is 9.45. The van der Waals surface area contributed by atoms with Crippen LogP contribution >= 0.6 is 11.3 Å². The Kier molecular flexibility index (Phi) is 3.70. The first-order valence-corrected chi connectivity index (χ1v) is 8.77. The average molecular weight is 337 g/mol. The van der Waals surface area contributed by atoms with Gasteiger partial charge in [-0.05, 0) is 48.2 Å². The highest BCUT2D eigenvalue weighted by atomic mass is 32.1. The first kappa shape index (κ1) is 15.1. The third-order valence-corrected chi connectivity index (χ3v) is 5.53. The number of hydrogen-bond acceptors (Lipinski definition) is 6. The molecule has 0 fully saturated rings. The number of nitrogens with zero attached hydrogens (tertiary/aromatic N) is 2. The maximum absolute atomic E-state index is 5.97. The third kappa shape index (κ3) is 2.64. The molecule has 24 heavy (non-hydrogen) atoms. The summed E-state index contributed by atoms with van der Waals surface area (Å²) >= 11 is 1.61. The van der Waals surface area contributed by atoms with Gasteiger partial charge in [0.1, 0.15) is 5.82 Å². The highest BCUT2D eigenvalue weighted by Crippen LogP contribution is 2.36. The Balaban J connectivity index is 1.76. The Morgan fingerprint density at radius 1 is 1.17 bits per heavy atom. The fraction of sp³-hybridized carbons (Fsp3) is 0.222. The molecule has 2 aromatic heterocycles. The Bertz CT molecular complexity index is 957. The molecule has 1 aliphatic rings. The zero-order valence-corrected chi connectivity index (χ0v) is 14.3. The van der Waals surface area contributed by atoms with Crippen molar-refractivity contribution in [2.75, 3.05) is 24.6 Å². The van der Waals surface area contributed by atoms with Gasteiger partial charge < -0.3 is 16.8 Å². The van der Waals surface area contributed by atoms with Gasteiger partial charge in [0.2, 0.25) is 5.95 Å². The van der Waals surface area contributed by atoms with Crippen LogP contribution in [-0.4, -0.2) is 23.1 Å². The van der Waals surface area contributed by atoms with Gasteiger partial charge in [-0.3, -0.25) is 0 Å². The van der Waals surface area contributed by atoms with E-state index in [0.29, 0.717) is 5.82 Å². The van der Waals surface area contributed by atoms with Crippen molar-refractivity contribution >= 4 is 38.9 Å². The SMILES string of the molecule is Cc1cc(-c2cc3nc(N)nc(N)c3s2)ccc1C1=CCNCC1. The number of benzene rings is 1. The predicted octanol–water partition coefficient (Wildman–Crippen LogP) is 3.21. The lowest BCUT2D eigenvalue weighted by Gasteiger charge is -2.16. The summed E-state index contributed by atoms with van der Waals surface area (Å²) in [7, 11) is 0. The molecule has 0 radical (unpaired) electrons. The molecule has 1 aromatic carbocycles. The topological polar surface area (TPSA) is 89.8 Å². The number of nitrogens with two attached hydrogens (primary N) is 2. The second-order valence-electron chi connectivity index (χ2n) is 6.01. The van der Waals surface area contributed by atoms with Gasteiger partial charge in [0.25, 0.3) is 0 Å². The normalized spacial score (nSPS) is 14.8. The summed E-state index contributed by atoms with van der Waals surface area (Å²) in [5.41, 5.74) is 17.7. The van der Waals surface area contributed by atoms with E-state index < -0.39 is 0 Å². The molecule has 122 valence electrons. The maximum atomic E-state index is 5.97. The average Bonchev–Trinajstić information content (AvgIpc) is 3.00. The van der Waals surface area contributed by atoms with Crippen LogP contribution < -0.4 is 16.8 Å². The third-order valence-electron chi connectivity index (χ3n) is 4.34. The number of aromatic nitrogens is 2. The van der Waals surface area contributed by atoms with Crippen LogP contribution in [0.1, 0.15) is 17.5 Å².